The van der Waals surface area contributed by atoms with Gasteiger partial charge in [-0.25, -0.2) is 4.79 Å². The van der Waals surface area contributed by atoms with Gasteiger partial charge in [0, 0.05) is 15.4 Å². The highest BCUT2D eigenvalue weighted by Gasteiger charge is 2.08. The highest BCUT2D eigenvalue weighted by atomic mass is 79.9. The molecule has 3 nitrogen and oxygen atoms in total. The van der Waals surface area contributed by atoms with Crippen molar-refractivity contribution in [2.45, 2.75) is 6.92 Å². The minimum Gasteiger partial charge on any atom is -0.508 e. The average molecular weight is 255 g/mol. The number of hydrogen-bond acceptors (Lipinski definition) is 3. The van der Waals surface area contributed by atoms with Gasteiger partial charge in [0.2, 0.25) is 0 Å². The zero-order valence-corrected chi connectivity index (χ0v) is 8.96. The zero-order chi connectivity index (χ0) is 10.3. The third kappa shape index (κ3) is 1.32. The summed E-state index contributed by atoms with van der Waals surface area (Å²) in [5.41, 5.74) is 0.600. The number of halogens is 1. The van der Waals surface area contributed by atoms with E-state index in [0.717, 1.165) is 0 Å². The largest absolute Gasteiger partial charge is 0.508 e. The molecule has 1 aromatic heterocycles. The molecule has 0 saturated heterocycles. The summed E-state index contributed by atoms with van der Waals surface area (Å²) in [6.45, 7) is 1.67. The van der Waals surface area contributed by atoms with E-state index in [-0.39, 0.29) is 11.4 Å². The van der Waals surface area contributed by atoms with Gasteiger partial charge in [0.05, 0.1) is 0 Å². The highest BCUT2D eigenvalue weighted by molar-refractivity contribution is 9.10. The minimum atomic E-state index is -0.366. The number of aromatic hydroxyl groups is 1. The fourth-order valence-electron chi connectivity index (χ4n) is 1.25. The third-order valence-corrected chi connectivity index (χ3v) is 3.06. The van der Waals surface area contributed by atoms with Crippen molar-refractivity contribution in [1.82, 2.24) is 0 Å². The van der Waals surface area contributed by atoms with Crippen LogP contribution in [0.4, 0.5) is 0 Å². The molecule has 1 aromatic carbocycles. The summed E-state index contributed by atoms with van der Waals surface area (Å²) >= 11 is 3.29. The molecule has 0 aliphatic carbocycles. The van der Waals surface area contributed by atoms with Crippen LogP contribution in [0.25, 0.3) is 11.0 Å². The van der Waals surface area contributed by atoms with E-state index in [0.29, 0.717) is 21.0 Å². The van der Waals surface area contributed by atoms with Crippen LogP contribution in [0, 0.1) is 6.92 Å². The molecule has 2 aromatic rings. The van der Waals surface area contributed by atoms with Crippen LogP contribution in [-0.2, 0) is 0 Å². The van der Waals surface area contributed by atoms with E-state index in [1.165, 1.54) is 6.07 Å². The maximum atomic E-state index is 11.3. The summed E-state index contributed by atoms with van der Waals surface area (Å²) in [6.07, 6.45) is 0. The quantitative estimate of drug-likeness (QED) is 0.736. The van der Waals surface area contributed by atoms with Crippen molar-refractivity contribution in [3.8, 4) is 5.75 Å². The number of hydrogen-bond donors (Lipinski definition) is 1. The molecule has 1 N–H and O–H groups in total. The number of phenolic OH excluding ortho intramolecular Hbond substituents is 1. The number of fused-ring (bicyclic) bond motifs is 1. The van der Waals surface area contributed by atoms with Crippen molar-refractivity contribution in [3.05, 3.63) is 38.7 Å². The predicted molar refractivity (Wildman–Crippen MR) is 56.6 cm³/mol. The van der Waals surface area contributed by atoms with E-state index in [1.807, 2.05) is 0 Å². The van der Waals surface area contributed by atoms with Crippen LogP contribution in [0.1, 0.15) is 5.56 Å². The van der Waals surface area contributed by atoms with Gasteiger partial charge in [-0.15, -0.1) is 0 Å². The van der Waals surface area contributed by atoms with Gasteiger partial charge in [-0.2, -0.15) is 0 Å². The molecule has 0 saturated carbocycles. The molecule has 0 bridgehead atoms. The molecule has 0 aliphatic heterocycles. The summed E-state index contributed by atoms with van der Waals surface area (Å²) < 4.78 is 5.70. The normalized spacial score (nSPS) is 10.7. The van der Waals surface area contributed by atoms with Gasteiger partial charge in [-0.3, -0.25) is 0 Å². The first kappa shape index (κ1) is 9.27. The molecule has 2 rings (SSSR count). The van der Waals surface area contributed by atoms with Crippen LogP contribution in [0.2, 0.25) is 0 Å². The van der Waals surface area contributed by atoms with Crippen LogP contribution in [0.5, 0.6) is 5.75 Å². The maximum Gasteiger partial charge on any atom is 0.340 e. The van der Waals surface area contributed by atoms with Gasteiger partial charge in [0.15, 0.2) is 0 Å². The second kappa shape index (κ2) is 3.13. The van der Waals surface area contributed by atoms with Gasteiger partial charge < -0.3 is 9.52 Å². The Hall–Kier alpha value is -1.29. The average Bonchev–Trinajstić information content (AvgIpc) is 2.16. The third-order valence-electron chi connectivity index (χ3n) is 2.04. The lowest BCUT2D eigenvalue weighted by atomic mass is 10.2. The fourth-order valence-corrected chi connectivity index (χ4v) is 1.72. The number of rotatable bonds is 0. The Morgan fingerprint density at radius 3 is 2.86 bits per heavy atom. The van der Waals surface area contributed by atoms with Crippen LogP contribution in [-0.4, -0.2) is 5.11 Å². The molecular weight excluding hydrogens is 248 g/mol. The van der Waals surface area contributed by atoms with E-state index >= 15 is 0 Å². The molecule has 0 amide bonds. The first-order chi connectivity index (χ1) is 6.59. The van der Waals surface area contributed by atoms with Crippen LogP contribution in [0.15, 0.2) is 31.9 Å². The molecule has 72 valence electrons. The Bertz CT molecular complexity index is 557. The standard InChI is InChI=1S/C10H7BrO3/c1-5-9(11)7-4-6(12)2-3-8(7)14-10(5)13/h2-4,12H,1H3. The van der Waals surface area contributed by atoms with E-state index in [9.17, 15) is 9.90 Å². The van der Waals surface area contributed by atoms with Gasteiger partial charge >= 0.3 is 5.63 Å². The van der Waals surface area contributed by atoms with Crippen LogP contribution < -0.4 is 5.63 Å². The van der Waals surface area contributed by atoms with Crippen molar-refractivity contribution in [2.75, 3.05) is 0 Å². The highest BCUT2D eigenvalue weighted by Crippen LogP contribution is 2.27. The SMILES string of the molecule is Cc1c(Br)c2cc(O)ccc2oc1=O. The minimum absolute atomic E-state index is 0.145. The smallest absolute Gasteiger partial charge is 0.340 e. The lowest BCUT2D eigenvalue weighted by Crippen LogP contribution is -2.03. The van der Waals surface area contributed by atoms with Crippen molar-refractivity contribution >= 4 is 26.9 Å². The van der Waals surface area contributed by atoms with Crippen LogP contribution in [0.3, 0.4) is 0 Å². The van der Waals surface area contributed by atoms with Crippen molar-refractivity contribution in [2.24, 2.45) is 0 Å². The summed E-state index contributed by atoms with van der Waals surface area (Å²) in [6, 6.07) is 4.60. The van der Waals surface area contributed by atoms with E-state index in [4.69, 9.17) is 4.42 Å². The molecule has 0 aliphatic rings. The Kier molecular flexibility index (Phi) is 2.07. The Morgan fingerprint density at radius 2 is 2.14 bits per heavy atom. The van der Waals surface area contributed by atoms with Gasteiger partial charge in [-0.1, -0.05) is 0 Å². The topological polar surface area (TPSA) is 50.4 Å². The van der Waals surface area contributed by atoms with Crippen LogP contribution >= 0.6 is 15.9 Å². The Balaban J connectivity index is 2.99. The molecule has 4 heteroatoms. The second-order valence-corrected chi connectivity index (χ2v) is 3.80. The molecule has 0 spiro atoms. The van der Waals surface area contributed by atoms with Gasteiger partial charge in [0.25, 0.3) is 0 Å². The molecule has 1 heterocycles. The summed E-state index contributed by atoms with van der Waals surface area (Å²) in [7, 11) is 0. The first-order valence-corrected chi connectivity index (χ1v) is 4.81. The molecule has 0 radical (unpaired) electrons. The van der Waals surface area contributed by atoms with Gasteiger partial charge in [-0.05, 0) is 41.1 Å². The fraction of sp³-hybridized carbons (Fsp3) is 0.100. The Morgan fingerprint density at radius 1 is 1.43 bits per heavy atom. The van der Waals surface area contributed by atoms with Crippen molar-refractivity contribution in [1.29, 1.82) is 0 Å². The second-order valence-electron chi connectivity index (χ2n) is 3.01. The first-order valence-electron chi connectivity index (χ1n) is 4.01. The molecule has 0 fully saturated rings. The summed E-state index contributed by atoms with van der Waals surface area (Å²) in [4.78, 5) is 11.3. The lowest BCUT2D eigenvalue weighted by Gasteiger charge is -2.02. The van der Waals surface area contributed by atoms with Gasteiger partial charge in [0.1, 0.15) is 11.3 Å². The zero-order valence-electron chi connectivity index (χ0n) is 7.37. The molecular formula is C10H7BrO3. The molecule has 14 heavy (non-hydrogen) atoms. The van der Waals surface area contributed by atoms with Crippen molar-refractivity contribution in [3.63, 3.8) is 0 Å². The lowest BCUT2D eigenvalue weighted by molar-refractivity contribution is 0.475. The van der Waals surface area contributed by atoms with Crippen molar-refractivity contribution < 1.29 is 9.52 Å². The monoisotopic (exact) mass is 254 g/mol. The van der Waals surface area contributed by atoms with E-state index in [1.54, 1.807) is 19.1 Å². The van der Waals surface area contributed by atoms with E-state index in [2.05, 4.69) is 15.9 Å². The van der Waals surface area contributed by atoms with E-state index < -0.39 is 0 Å². The summed E-state index contributed by atoms with van der Waals surface area (Å²) in [5, 5.41) is 9.97. The molecule has 0 unspecified atom stereocenters. The molecule has 0 atom stereocenters. The number of phenols is 1. The maximum absolute atomic E-state index is 11.3. The number of benzene rings is 1. The predicted octanol–water partition coefficient (Wildman–Crippen LogP) is 2.57. The Labute approximate surface area is 88.1 Å². The summed E-state index contributed by atoms with van der Waals surface area (Å²) in [5.74, 6) is 0.145.